The number of hydrogen-bond donors (Lipinski definition) is 1. The van der Waals surface area contributed by atoms with Crippen LogP contribution in [0.1, 0.15) is 23.5 Å². The van der Waals surface area contributed by atoms with E-state index in [1.165, 1.54) is 11.1 Å². The van der Waals surface area contributed by atoms with Crippen LogP contribution in [0.4, 0.5) is 0 Å². The summed E-state index contributed by atoms with van der Waals surface area (Å²) in [6.07, 6.45) is 6.90. The summed E-state index contributed by atoms with van der Waals surface area (Å²) in [6, 6.07) is 4.80. The maximum Gasteiger partial charge on any atom is 0.0996 e. The van der Waals surface area contributed by atoms with Crippen molar-refractivity contribution in [1.29, 1.82) is 0 Å². The fourth-order valence-corrected chi connectivity index (χ4v) is 3.74. The molecule has 0 saturated heterocycles. The molecule has 2 N–H and O–H groups in total. The van der Waals surface area contributed by atoms with Gasteiger partial charge in [0.2, 0.25) is 0 Å². The van der Waals surface area contributed by atoms with Gasteiger partial charge in [0.25, 0.3) is 0 Å². The van der Waals surface area contributed by atoms with E-state index in [2.05, 4.69) is 36.6 Å². The van der Waals surface area contributed by atoms with Gasteiger partial charge in [-0.1, -0.05) is 35.4 Å². The van der Waals surface area contributed by atoms with Gasteiger partial charge < -0.3 is 17.7 Å². The lowest BCUT2D eigenvalue weighted by Gasteiger charge is -2.38. The Balaban J connectivity index is 0.00000120. The van der Waals surface area contributed by atoms with Gasteiger partial charge in [0.15, 0.2) is 0 Å². The zero-order valence-electron chi connectivity index (χ0n) is 10.2. The van der Waals surface area contributed by atoms with E-state index in [-0.39, 0.29) is 12.4 Å². The number of fused-ring (bicyclic) bond motifs is 4. The maximum absolute atomic E-state index is 6.15. The Morgan fingerprint density at radius 3 is 2.67 bits per heavy atom. The monoisotopic (exact) mass is 303 g/mol. The Kier molecular flexibility index (Phi) is 4.28. The molecule has 0 radical (unpaired) electrons. The van der Waals surface area contributed by atoms with Crippen LogP contribution >= 0.6 is 23.2 Å². The Hall–Kier alpha value is -0.210. The summed E-state index contributed by atoms with van der Waals surface area (Å²) >= 11 is 12.3. The SMILES string of the molecule is C[NH2+]C1C2C=CCC1c1cc(Cl)c(Cl)cc1C2.[Cl-]. The minimum absolute atomic E-state index is 0. The number of halogens is 3. The third kappa shape index (κ3) is 2.18. The Morgan fingerprint density at radius 1 is 1.22 bits per heavy atom. The van der Waals surface area contributed by atoms with Gasteiger partial charge in [-0.3, -0.25) is 0 Å². The number of likely N-dealkylation sites (N-methyl/N-ethyl adjacent to an activating group) is 1. The summed E-state index contributed by atoms with van der Waals surface area (Å²) in [6.45, 7) is 0. The first kappa shape index (κ1) is 14.2. The van der Waals surface area contributed by atoms with Crippen LogP contribution in [0.15, 0.2) is 24.3 Å². The van der Waals surface area contributed by atoms with Crippen LogP contribution in [0.3, 0.4) is 0 Å². The normalized spacial score (nSPS) is 28.5. The van der Waals surface area contributed by atoms with Crippen LogP contribution in [-0.4, -0.2) is 13.1 Å². The van der Waals surface area contributed by atoms with Crippen LogP contribution in [0.5, 0.6) is 0 Å². The van der Waals surface area contributed by atoms with Crippen LogP contribution in [0, 0.1) is 5.92 Å². The van der Waals surface area contributed by atoms with E-state index in [9.17, 15) is 0 Å². The van der Waals surface area contributed by atoms with Crippen molar-refractivity contribution < 1.29 is 17.7 Å². The molecule has 1 aromatic rings. The second-order valence-corrected chi connectivity index (χ2v) is 5.83. The molecule has 1 nitrogen and oxygen atoms in total. The molecule has 0 aliphatic heterocycles. The number of hydrogen-bond acceptors (Lipinski definition) is 0. The van der Waals surface area contributed by atoms with Gasteiger partial charge in [0, 0.05) is 11.8 Å². The van der Waals surface area contributed by atoms with E-state index >= 15 is 0 Å². The Morgan fingerprint density at radius 2 is 1.94 bits per heavy atom. The molecule has 0 amide bonds. The van der Waals surface area contributed by atoms with Crippen molar-refractivity contribution in [3.63, 3.8) is 0 Å². The number of rotatable bonds is 1. The molecule has 2 aliphatic rings. The highest BCUT2D eigenvalue weighted by molar-refractivity contribution is 6.42. The molecule has 18 heavy (non-hydrogen) atoms. The third-order valence-electron chi connectivity index (χ3n) is 4.15. The highest BCUT2D eigenvalue weighted by Crippen LogP contribution is 2.42. The summed E-state index contributed by atoms with van der Waals surface area (Å²) < 4.78 is 0. The standard InChI is InChI=1S/C14H15Cl2N.ClH/c1-17-14-8-3-2-4-10(14)11-7-13(16)12(15)6-9(11)5-8;/h2-3,6-8,10,14,17H,4-5H2,1H3;1H. The van der Waals surface area contributed by atoms with E-state index in [1.807, 2.05) is 0 Å². The summed E-state index contributed by atoms with van der Waals surface area (Å²) in [7, 11) is 2.17. The molecule has 3 rings (SSSR count). The lowest BCUT2D eigenvalue weighted by Crippen LogP contribution is -3.00. The van der Waals surface area contributed by atoms with Crippen molar-refractivity contribution in [2.45, 2.75) is 24.8 Å². The van der Waals surface area contributed by atoms with Crippen LogP contribution in [0.2, 0.25) is 10.0 Å². The second-order valence-electron chi connectivity index (χ2n) is 5.01. The van der Waals surface area contributed by atoms with Crippen molar-refractivity contribution >= 4 is 23.2 Å². The van der Waals surface area contributed by atoms with Gasteiger partial charge in [-0.2, -0.15) is 0 Å². The van der Waals surface area contributed by atoms with Gasteiger partial charge in [0.1, 0.15) is 0 Å². The van der Waals surface area contributed by atoms with E-state index in [0.29, 0.717) is 27.9 Å². The van der Waals surface area contributed by atoms with Crippen LogP contribution in [-0.2, 0) is 6.42 Å². The second kappa shape index (κ2) is 5.42. The summed E-state index contributed by atoms with van der Waals surface area (Å²) in [5.41, 5.74) is 2.79. The van der Waals surface area contributed by atoms with E-state index < -0.39 is 0 Å². The highest BCUT2D eigenvalue weighted by Gasteiger charge is 2.39. The van der Waals surface area contributed by atoms with Crippen molar-refractivity contribution in [3.05, 3.63) is 45.5 Å². The minimum Gasteiger partial charge on any atom is -1.00 e. The van der Waals surface area contributed by atoms with Gasteiger partial charge >= 0.3 is 0 Å². The van der Waals surface area contributed by atoms with Crippen molar-refractivity contribution in [3.8, 4) is 0 Å². The first-order chi connectivity index (χ1) is 8.20. The zero-order valence-corrected chi connectivity index (χ0v) is 12.4. The van der Waals surface area contributed by atoms with Crippen molar-refractivity contribution in [1.82, 2.24) is 0 Å². The molecule has 0 aromatic heterocycles. The summed E-state index contributed by atoms with van der Waals surface area (Å²) in [5.74, 6) is 1.23. The number of allylic oxidation sites excluding steroid dienone is 1. The van der Waals surface area contributed by atoms with Gasteiger partial charge in [-0.25, -0.2) is 0 Å². The lowest BCUT2D eigenvalue weighted by molar-refractivity contribution is -0.673. The molecule has 0 heterocycles. The molecule has 2 bridgehead atoms. The lowest BCUT2D eigenvalue weighted by atomic mass is 9.69. The zero-order chi connectivity index (χ0) is 12.0. The highest BCUT2D eigenvalue weighted by atomic mass is 35.5. The number of nitrogens with two attached hydrogens (primary N) is 1. The van der Waals surface area contributed by atoms with E-state index in [1.54, 1.807) is 0 Å². The van der Waals surface area contributed by atoms with Gasteiger partial charge in [-0.15, -0.1) is 0 Å². The van der Waals surface area contributed by atoms with Crippen molar-refractivity contribution in [2.75, 3.05) is 7.05 Å². The molecule has 1 aromatic carbocycles. The molecule has 3 atom stereocenters. The molecule has 0 spiro atoms. The predicted molar refractivity (Wildman–Crippen MR) is 71.8 cm³/mol. The summed E-state index contributed by atoms with van der Waals surface area (Å²) in [4.78, 5) is 0. The first-order valence-electron chi connectivity index (χ1n) is 6.14. The Bertz CT molecular complexity index is 484. The molecular formula is C14H16Cl3N. The first-order valence-corrected chi connectivity index (χ1v) is 6.90. The summed E-state index contributed by atoms with van der Waals surface area (Å²) in [5, 5.41) is 3.73. The fraction of sp³-hybridized carbons (Fsp3) is 0.429. The van der Waals surface area contributed by atoms with E-state index in [0.717, 1.165) is 12.8 Å². The molecule has 3 unspecified atom stereocenters. The Labute approximate surface area is 124 Å². The molecule has 2 aliphatic carbocycles. The smallest absolute Gasteiger partial charge is 0.0996 e. The van der Waals surface area contributed by atoms with Crippen LogP contribution in [0.25, 0.3) is 0 Å². The molecule has 0 fully saturated rings. The topological polar surface area (TPSA) is 16.6 Å². The quantitative estimate of drug-likeness (QED) is 0.691. The maximum atomic E-state index is 6.15. The average Bonchev–Trinajstić information content (AvgIpc) is 2.32. The number of quaternary nitrogens is 1. The predicted octanol–water partition coefficient (Wildman–Crippen LogP) is -0.225. The largest absolute Gasteiger partial charge is 1.00 e. The third-order valence-corrected chi connectivity index (χ3v) is 4.88. The average molecular weight is 305 g/mol. The number of benzene rings is 1. The van der Waals surface area contributed by atoms with Gasteiger partial charge in [0.05, 0.1) is 23.1 Å². The molecule has 98 valence electrons. The van der Waals surface area contributed by atoms with Crippen LogP contribution < -0.4 is 17.7 Å². The fourth-order valence-electron chi connectivity index (χ4n) is 3.38. The molecule has 4 heteroatoms. The van der Waals surface area contributed by atoms with Gasteiger partial charge in [-0.05, 0) is 36.1 Å². The molecule has 0 saturated carbocycles. The van der Waals surface area contributed by atoms with E-state index in [4.69, 9.17) is 23.2 Å². The van der Waals surface area contributed by atoms with Crippen molar-refractivity contribution in [2.24, 2.45) is 5.92 Å². The minimum atomic E-state index is 0. The molecular weight excluding hydrogens is 289 g/mol.